The molecular formula is C19H19N3O4. The largest absolute Gasteiger partial charge is 0.484 e. The minimum Gasteiger partial charge on any atom is -0.484 e. The number of benzene rings is 2. The van der Waals surface area contributed by atoms with Gasteiger partial charge in [0.2, 0.25) is 0 Å². The fourth-order valence-corrected chi connectivity index (χ4v) is 2.03. The van der Waals surface area contributed by atoms with Crippen molar-refractivity contribution in [2.45, 2.75) is 13.8 Å². The molecule has 26 heavy (non-hydrogen) atoms. The molecule has 1 amide bonds. The molecule has 1 N–H and O–H groups in total. The number of aryl methyl sites for hydroxylation is 2. The molecule has 0 aliphatic rings. The Balaban J connectivity index is 1.78. The summed E-state index contributed by atoms with van der Waals surface area (Å²) in [7, 11) is 0. The Morgan fingerprint density at radius 3 is 2.77 bits per heavy atom. The number of amides is 1. The van der Waals surface area contributed by atoms with Crippen molar-refractivity contribution in [3.8, 4) is 5.75 Å². The van der Waals surface area contributed by atoms with Gasteiger partial charge in [-0.05, 0) is 48.7 Å². The Morgan fingerprint density at radius 1 is 1.23 bits per heavy atom. The maximum Gasteiger partial charge on any atom is 0.277 e. The minimum atomic E-state index is -0.457. The average Bonchev–Trinajstić information content (AvgIpc) is 2.62. The van der Waals surface area contributed by atoms with Crippen LogP contribution in [0.5, 0.6) is 5.75 Å². The Hall–Kier alpha value is -3.48. The summed E-state index contributed by atoms with van der Waals surface area (Å²) in [6.45, 7) is 3.83. The molecule has 7 nitrogen and oxygen atoms in total. The van der Waals surface area contributed by atoms with E-state index >= 15 is 0 Å². The number of hydrazone groups is 1. The third-order valence-corrected chi connectivity index (χ3v) is 3.57. The second kappa shape index (κ2) is 9.12. The highest BCUT2D eigenvalue weighted by atomic mass is 16.6. The first kappa shape index (κ1) is 18.9. The van der Waals surface area contributed by atoms with Crippen LogP contribution in [0.25, 0.3) is 6.08 Å². The normalized spacial score (nSPS) is 11.0. The van der Waals surface area contributed by atoms with Crippen molar-refractivity contribution in [3.63, 3.8) is 0 Å². The van der Waals surface area contributed by atoms with Gasteiger partial charge >= 0.3 is 0 Å². The third-order valence-electron chi connectivity index (χ3n) is 3.57. The van der Waals surface area contributed by atoms with Gasteiger partial charge < -0.3 is 4.74 Å². The predicted molar refractivity (Wildman–Crippen MR) is 100 cm³/mol. The molecule has 0 aliphatic carbocycles. The van der Waals surface area contributed by atoms with E-state index in [9.17, 15) is 14.9 Å². The predicted octanol–water partition coefficient (Wildman–Crippen LogP) is 3.41. The van der Waals surface area contributed by atoms with Gasteiger partial charge in [0.05, 0.1) is 4.92 Å². The van der Waals surface area contributed by atoms with Crippen molar-refractivity contribution < 1.29 is 14.5 Å². The van der Waals surface area contributed by atoms with Crippen molar-refractivity contribution in [2.75, 3.05) is 6.61 Å². The third kappa shape index (κ3) is 5.86. The van der Waals surface area contributed by atoms with E-state index < -0.39 is 4.92 Å². The van der Waals surface area contributed by atoms with Gasteiger partial charge in [0.1, 0.15) is 5.75 Å². The van der Waals surface area contributed by atoms with Crippen LogP contribution >= 0.6 is 0 Å². The second-order valence-corrected chi connectivity index (χ2v) is 5.56. The number of carbonyl (C=O) groups excluding carboxylic acids is 1. The average molecular weight is 353 g/mol. The molecule has 2 aromatic rings. The molecule has 0 atom stereocenters. The van der Waals surface area contributed by atoms with Crippen LogP contribution in [0.3, 0.4) is 0 Å². The minimum absolute atomic E-state index is 0.0147. The summed E-state index contributed by atoms with van der Waals surface area (Å²) in [5, 5.41) is 14.5. The molecule has 0 bridgehead atoms. The van der Waals surface area contributed by atoms with Crippen molar-refractivity contribution in [1.82, 2.24) is 5.43 Å². The molecule has 0 aliphatic heterocycles. The maximum absolute atomic E-state index is 11.7. The van der Waals surface area contributed by atoms with Crippen LogP contribution in [-0.4, -0.2) is 23.7 Å². The summed E-state index contributed by atoms with van der Waals surface area (Å²) in [5.74, 6) is 0.237. The van der Waals surface area contributed by atoms with E-state index in [1.165, 1.54) is 18.3 Å². The molecule has 0 radical (unpaired) electrons. The number of nitro groups is 1. The van der Waals surface area contributed by atoms with E-state index in [1.807, 2.05) is 26.0 Å². The van der Waals surface area contributed by atoms with Crippen LogP contribution in [0.15, 0.2) is 53.6 Å². The standard InChI is InChI=1S/C19H19N3O4/c1-14-8-9-18(11-15(14)2)26-13-19(23)21-20-10-4-6-16-5-3-7-17(12-16)22(24)25/h3-12H,13H2,1-2H3,(H,21,23)/b6-4+,20-10+. The lowest BCUT2D eigenvalue weighted by Crippen LogP contribution is -2.24. The SMILES string of the molecule is Cc1ccc(OCC(=O)N/N=C/C=C/c2cccc([N+](=O)[O-])c2)cc1C. The molecule has 0 fully saturated rings. The first-order valence-corrected chi connectivity index (χ1v) is 7.89. The maximum atomic E-state index is 11.7. The van der Waals surface area contributed by atoms with Gasteiger partial charge in [-0.15, -0.1) is 0 Å². The van der Waals surface area contributed by atoms with E-state index in [0.717, 1.165) is 11.1 Å². The van der Waals surface area contributed by atoms with Gasteiger partial charge in [-0.2, -0.15) is 5.10 Å². The number of ether oxygens (including phenoxy) is 1. The number of carbonyl (C=O) groups is 1. The number of nitrogens with zero attached hydrogens (tertiary/aromatic N) is 2. The number of hydrogen-bond donors (Lipinski definition) is 1. The molecule has 0 saturated heterocycles. The van der Waals surface area contributed by atoms with E-state index in [1.54, 1.807) is 30.4 Å². The fraction of sp³-hybridized carbons (Fsp3) is 0.158. The first-order chi connectivity index (χ1) is 12.5. The summed E-state index contributed by atoms with van der Waals surface area (Å²) in [6, 6.07) is 11.8. The van der Waals surface area contributed by atoms with Crippen LogP contribution in [-0.2, 0) is 4.79 Å². The highest BCUT2D eigenvalue weighted by Crippen LogP contribution is 2.16. The van der Waals surface area contributed by atoms with Gasteiger partial charge in [0.25, 0.3) is 11.6 Å². The van der Waals surface area contributed by atoms with Gasteiger partial charge in [0, 0.05) is 18.3 Å². The van der Waals surface area contributed by atoms with Crippen molar-refractivity contribution in [2.24, 2.45) is 5.10 Å². The summed E-state index contributed by atoms with van der Waals surface area (Å²) in [6.07, 6.45) is 4.60. The number of rotatable bonds is 7. The summed E-state index contributed by atoms with van der Waals surface area (Å²) in [5.41, 5.74) is 5.26. The van der Waals surface area contributed by atoms with Gasteiger partial charge in [-0.25, -0.2) is 5.43 Å². The van der Waals surface area contributed by atoms with Crippen LogP contribution in [0.4, 0.5) is 5.69 Å². The number of hydrogen-bond acceptors (Lipinski definition) is 5. The molecular weight excluding hydrogens is 334 g/mol. The lowest BCUT2D eigenvalue weighted by molar-refractivity contribution is -0.384. The molecule has 134 valence electrons. The fourth-order valence-electron chi connectivity index (χ4n) is 2.03. The van der Waals surface area contributed by atoms with E-state index in [0.29, 0.717) is 11.3 Å². The number of nitrogens with one attached hydrogen (secondary N) is 1. The highest BCUT2D eigenvalue weighted by molar-refractivity contribution is 5.82. The van der Waals surface area contributed by atoms with Gasteiger partial charge in [-0.3, -0.25) is 14.9 Å². The Labute approximate surface area is 151 Å². The van der Waals surface area contributed by atoms with Gasteiger partial charge in [0.15, 0.2) is 6.61 Å². The van der Waals surface area contributed by atoms with Crippen LogP contribution in [0.1, 0.15) is 16.7 Å². The van der Waals surface area contributed by atoms with Crippen LogP contribution in [0, 0.1) is 24.0 Å². The van der Waals surface area contributed by atoms with Crippen molar-refractivity contribution in [1.29, 1.82) is 0 Å². The van der Waals surface area contributed by atoms with E-state index in [2.05, 4.69) is 10.5 Å². The smallest absolute Gasteiger partial charge is 0.277 e. The zero-order valence-corrected chi connectivity index (χ0v) is 14.5. The monoisotopic (exact) mass is 353 g/mol. The Kier molecular flexibility index (Phi) is 6.61. The molecule has 7 heteroatoms. The lowest BCUT2D eigenvalue weighted by Gasteiger charge is -2.07. The second-order valence-electron chi connectivity index (χ2n) is 5.56. The van der Waals surface area contributed by atoms with Crippen LogP contribution < -0.4 is 10.2 Å². The molecule has 0 saturated carbocycles. The van der Waals surface area contributed by atoms with Crippen LogP contribution in [0.2, 0.25) is 0 Å². The lowest BCUT2D eigenvalue weighted by atomic mass is 10.1. The molecule has 2 rings (SSSR count). The van der Waals surface area contributed by atoms with Gasteiger partial charge in [-0.1, -0.05) is 24.3 Å². The number of allylic oxidation sites excluding steroid dienone is 1. The van der Waals surface area contributed by atoms with E-state index in [-0.39, 0.29) is 18.2 Å². The Morgan fingerprint density at radius 2 is 2.04 bits per heavy atom. The summed E-state index contributed by atoms with van der Waals surface area (Å²) in [4.78, 5) is 21.9. The highest BCUT2D eigenvalue weighted by Gasteiger charge is 2.03. The molecule has 0 aromatic heterocycles. The zero-order chi connectivity index (χ0) is 18.9. The number of nitro benzene ring substituents is 1. The molecule has 0 heterocycles. The summed E-state index contributed by atoms with van der Waals surface area (Å²) >= 11 is 0. The zero-order valence-electron chi connectivity index (χ0n) is 14.5. The molecule has 2 aromatic carbocycles. The molecule has 0 spiro atoms. The quantitative estimate of drug-likeness (QED) is 0.469. The summed E-state index contributed by atoms with van der Waals surface area (Å²) < 4.78 is 5.40. The number of non-ortho nitro benzene ring substituents is 1. The van der Waals surface area contributed by atoms with Crippen molar-refractivity contribution >= 4 is 23.9 Å². The first-order valence-electron chi connectivity index (χ1n) is 7.89. The molecule has 0 unspecified atom stereocenters. The Bertz CT molecular complexity index is 860. The topological polar surface area (TPSA) is 93.8 Å². The van der Waals surface area contributed by atoms with Crippen molar-refractivity contribution in [3.05, 3.63) is 75.3 Å². The van der Waals surface area contributed by atoms with E-state index in [4.69, 9.17) is 4.74 Å².